The van der Waals surface area contributed by atoms with E-state index in [-0.39, 0.29) is 6.61 Å². The molecule has 0 aliphatic rings. The van der Waals surface area contributed by atoms with Crippen molar-refractivity contribution in [2.75, 3.05) is 6.61 Å². The van der Waals surface area contributed by atoms with Gasteiger partial charge in [-0.05, 0) is 12.5 Å². The lowest BCUT2D eigenvalue weighted by atomic mass is 10.2. The van der Waals surface area contributed by atoms with E-state index in [2.05, 4.69) is 0 Å². The van der Waals surface area contributed by atoms with Crippen molar-refractivity contribution in [3.05, 3.63) is 35.9 Å². The number of rotatable bonds is 4. The van der Waals surface area contributed by atoms with Gasteiger partial charge in [0.25, 0.3) is 0 Å². The van der Waals surface area contributed by atoms with Crippen LogP contribution in [-0.4, -0.2) is 11.5 Å². The smallest absolute Gasteiger partial charge is 0.323 e. The van der Waals surface area contributed by atoms with Crippen LogP contribution >= 0.6 is 19.2 Å². The van der Waals surface area contributed by atoms with Crippen LogP contribution in [0.15, 0.2) is 30.3 Å². The number of hydrogen-bond acceptors (Lipinski definition) is 2. The standard InChI is InChI=1S/C9H12ClO3P/c1-2-13-14(11,12)9(10)8-6-4-3-5-7-8/h3-7,9H,2H2,1H3,(H,11,12). The molecule has 1 N–H and O–H groups in total. The molecule has 0 saturated carbocycles. The summed E-state index contributed by atoms with van der Waals surface area (Å²) in [6.45, 7) is 1.82. The van der Waals surface area contributed by atoms with Crippen LogP contribution in [0, 0.1) is 0 Å². The fraction of sp³-hybridized carbons (Fsp3) is 0.333. The van der Waals surface area contributed by atoms with Gasteiger partial charge in [-0.1, -0.05) is 30.3 Å². The lowest BCUT2D eigenvalue weighted by Crippen LogP contribution is -1.96. The molecule has 0 saturated heterocycles. The van der Waals surface area contributed by atoms with E-state index in [9.17, 15) is 9.46 Å². The zero-order valence-electron chi connectivity index (χ0n) is 7.76. The molecule has 0 fully saturated rings. The van der Waals surface area contributed by atoms with E-state index in [1.54, 1.807) is 31.2 Å². The Morgan fingerprint density at radius 3 is 2.57 bits per heavy atom. The molecule has 0 aliphatic carbocycles. The van der Waals surface area contributed by atoms with Crippen LogP contribution in [0.4, 0.5) is 0 Å². The maximum atomic E-state index is 11.5. The van der Waals surface area contributed by atoms with Gasteiger partial charge in [0, 0.05) is 0 Å². The molecular weight excluding hydrogens is 223 g/mol. The third-order valence-electron chi connectivity index (χ3n) is 1.68. The van der Waals surface area contributed by atoms with Gasteiger partial charge in [0.05, 0.1) is 6.61 Å². The van der Waals surface area contributed by atoms with Crippen molar-refractivity contribution in [1.82, 2.24) is 0 Å². The molecule has 2 atom stereocenters. The molecule has 2 unspecified atom stereocenters. The first-order valence-electron chi connectivity index (χ1n) is 4.24. The maximum absolute atomic E-state index is 11.5. The summed E-state index contributed by atoms with van der Waals surface area (Å²) in [4.78, 5) is 9.44. The number of benzene rings is 1. The molecule has 1 rings (SSSR count). The molecule has 0 aromatic heterocycles. The lowest BCUT2D eigenvalue weighted by Gasteiger charge is -2.16. The first-order valence-corrected chi connectivity index (χ1v) is 6.32. The van der Waals surface area contributed by atoms with Gasteiger partial charge < -0.3 is 9.42 Å². The highest BCUT2D eigenvalue weighted by atomic mass is 35.5. The highest BCUT2D eigenvalue weighted by molar-refractivity contribution is 7.55. The molecule has 0 bridgehead atoms. The third kappa shape index (κ3) is 2.82. The molecule has 1 aromatic carbocycles. The average Bonchev–Trinajstić information content (AvgIpc) is 2.18. The van der Waals surface area contributed by atoms with Gasteiger partial charge in [0.2, 0.25) is 0 Å². The first-order chi connectivity index (χ1) is 6.58. The monoisotopic (exact) mass is 234 g/mol. The number of halogens is 1. The van der Waals surface area contributed by atoms with E-state index < -0.39 is 12.7 Å². The second-order valence-electron chi connectivity index (χ2n) is 2.73. The van der Waals surface area contributed by atoms with E-state index in [0.29, 0.717) is 5.56 Å². The van der Waals surface area contributed by atoms with Gasteiger partial charge in [-0.2, -0.15) is 0 Å². The minimum atomic E-state index is -3.74. The maximum Gasteiger partial charge on any atom is 0.350 e. The van der Waals surface area contributed by atoms with Crippen LogP contribution in [0.25, 0.3) is 0 Å². The van der Waals surface area contributed by atoms with Crippen LogP contribution in [0.1, 0.15) is 17.6 Å². The Balaban J connectivity index is 2.85. The molecule has 3 nitrogen and oxygen atoms in total. The zero-order chi connectivity index (χ0) is 10.6. The van der Waals surface area contributed by atoms with Crippen LogP contribution in [0.3, 0.4) is 0 Å². The zero-order valence-corrected chi connectivity index (χ0v) is 9.41. The molecule has 0 heterocycles. The topological polar surface area (TPSA) is 46.5 Å². The van der Waals surface area contributed by atoms with Gasteiger partial charge in [-0.15, -0.1) is 11.6 Å². The predicted octanol–water partition coefficient (Wildman–Crippen LogP) is 3.15. The predicted molar refractivity (Wildman–Crippen MR) is 56.5 cm³/mol. The van der Waals surface area contributed by atoms with E-state index >= 15 is 0 Å². The summed E-state index contributed by atoms with van der Waals surface area (Å²) in [5.41, 5.74) is 0.591. The van der Waals surface area contributed by atoms with E-state index in [0.717, 1.165) is 0 Å². The minimum Gasteiger partial charge on any atom is -0.323 e. The minimum absolute atomic E-state index is 0.170. The van der Waals surface area contributed by atoms with Gasteiger partial charge in [0.15, 0.2) is 5.12 Å². The van der Waals surface area contributed by atoms with E-state index in [1.165, 1.54) is 0 Å². The Morgan fingerprint density at radius 2 is 2.07 bits per heavy atom. The summed E-state index contributed by atoms with van der Waals surface area (Å²) in [6, 6.07) is 8.72. The van der Waals surface area contributed by atoms with Gasteiger partial charge in [-0.3, -0.25) is 4.57 Å². The quantitative estimate of drug-likeness (QED) is 0.643. The molecule has 0 spiro atoms. The molecule has 0 radical (unpaired) electrons. The average molecular weight is 235 g/mol. The van der Waals surface area contributed by atoms with E-state index in [4.69, 9.17) is 16.1 Å². The third-order valence-corrected chi connectivity index (χ3v) is 4.17. The molecule has 14 heavy (non-hydrogen) atoms. The molecule has 0 amide bonds. The summed E-state index contributed by atoms with van der Waals surface area (Å²) < 4.78 is 16.2. The number of alkyl halides is 1. The van der Waals surface area contributed by atoms with E-state index in [1.807, 2.05) is 6.07 Å². The lowest BCUT2D eigenvalue weighted by molar-refractivity contribution is 0.271. The molecule has 1 aromatic rings. The summed E-state index contributed by atoms with van der Waals surface area (Å²) in [5.74, 6) is 0. The van der Waals surface area contributed by atoms with Crippen molar-refractivity contribution < 1.29 is 14.0 Å². The van der Waals surface area contributed by atoms with Crippen LogP contribution in [0.2, 0.25) is 0 Å². The Kier molecular flexibility index (Phi) is 4.14. The van der Waals surface area contributed by atoms with Crippen molar-refractivity contribution in [2.45, 2.75) is 12.0 Å². The Morgan fingerprint density at radius 1 is 1.50 bits per heavy atom. The normalized spacial score (nSPS) is 17.4. The Bertz CT molecular complexity index is 328. The number of hydrogen-bond donors (Lipinski definition) is 1. The van der Waals surface area contributed by atoms with Crippen LogP contribution in [-0.2, 0) is 9.09 Å². The second kappa shape index (κ2) is 4.94. The molecule has 78 valence electrons. The first kappa shape index (κ1) is 11.7. The highest BCUT2D eigenvalue weighted by Crippen LogP contribution is 2.58. The summed E-state index contributed by atoms with van der Waals surface area (Å²) in [6.07, 6.45) is 0. The van der Waals surface area contributed by atoms with Crippen molar-refractivity contribution >= 4 is 19.2 Å². The second-order valence-corrected chi connectivity index (χ2v) is 5.37. The summed E-state index contributed by atoms with van der Waals surface area (Å²) >= 11 is 5.84. The molecule has 0 aliphatic heterocycles. The molecule has 5 heteroatoms. The largest absolute Gasteiger partial charge is 0.350 e. The SMILES string of the molecule is CCOP(=O)(O)C(Cl)c1ccccc1. The fourth-order valence-corrected chi connectivity index (χ4v) is 2.41. The van der Waals surface area contributed by atoms with Crippen molar-refractivity contribution in [3.8, 4) is 0 Å². The summed E-state index contributed by atoms with van der Waals surface area (Å²) in [7, 11) is -3.74. The van der Waals surface area contributed by atoms with Gasteiger partial charge >= 0.3 is 7.60 Å². The van der Waals surface area contributed by atoms with Crippen molar-refractivity contribution in [1.29, 1.82) is 0 Å². The highest BCUT2D eigenvalue weighted by Gasteiger charge is 2.31. The Hall–Kier alpha value is -0.340. The van der Waals surface area contributed by atoms with Crippen LogP contribution in [0.5, 0.6) is 0 Å². The molecular formula is C9H12ClO3P. The van der Waals surface area contributed by atoms with Gasteiger partial charge in [-0.25, -0.2) is 0 Å². The summed E-state index contributed by atoms with van der Waals surface area (Å²) in [5, 5.41) is -0.997. The fourth-order valence-electron chi connectivity index (χ4n) is 1.05. The van der Waals surface area contributed by atoms with Crippen molar-refractivity contribution in [3.63, 3.8) is 0 Å². The van der Waals surface area contributed by atoms with Crippen LogP contribution < -0.4 is 0 Å². The van der Waals surface area contributed by atoms with Crippen molar-refractivity contribution in [2.24, 2.45) is 0 Å². The Labute approximate surface area is 88.2 Å². The van der Waals surface area contributed by atoms with Gasteiger partial charge in [0.1, 0.15) is 0 Å².